The number of anilines is 1. The van der Waals surface area contributed by atoms with E-state index in [4.69, 9.17) is 11.6 Å². The van der Waals surface area contributed by atoms with E-state index < -0.39 is 5.82 Å². The maximum atomic E-state index is 13.0. The first-order valence-corrected chi connectivity index (χ1v) is 8.35. The van der Waals surface area contributed by atoms with Crippen LogP contribution in [0.2, 0.25) is 5.02 Å². The molecule has 3 nitrogen and oxygen atoms in total. The molecule has 0 bridgehead atoms. The molecule has 1 amide bonds. The van der Waals surface area contributed by atoms with Crippen molar-refractivity contribution in [1.29, 1.82) is 0 Å². The first kappa shape index (κ1) is 15.5. The molecule has 22 heavy (non-hydrogen) atoms. The SMILES string of the molecule is C[C@H]1c2ccsc2CCN1CC(=O)Nc1ccc(F)cc1Cl. The number of halogens is 2. The number of carbonyl (C=O) groups is 1. The Morgan fingerprint density at radius 3 is 3.09 bits per heavy atom. The highest BCUT2D eigenvalue weighted by atomic mass is 35.5. The minimum atomic E-state index is -0.419. The normalized spacial score (nSPS) is 18.0. The van der Waals surface area contributed by atoms with Crippen molar-refractivity contribution < 1.29 is 9.18 Å². The van der Waals surface area contributed by atoms with E-state index in [1.54, 1.807) is 11.3 Å². The van der Waals surface area contributed by atoms with Crippen molar-refractivity contribution in [2.45, 2.75) is 19.4 Å². The van der Waals surface area contributed by atoms with Gasteiger partial charge < -0.3 is 5.32 Å². The summed E-state index contributed by atoms with van der Waals surface area (Å²) in [5.74, 6) is -0.559. The fourth-order valence-corrected chi connectivity index (χ4v) is 3.92. The lowest BCUT2D eigenvalue weighted by atomic mass is 10.0. The number of benzene rings is 1. The topological polar surface area (TPSA) is 32.3 Å². The van der Waals surface area contributed by atoms with E-state index in [0.29, 0.717) is 12.2 Å². The molecular formula is C16H16ClFN2OS. The van der Waals surface area contributed by atoms with Crippen molar-refractivity contribution in [3.63, 3.8) is 0 Å². The van der Waals surface area contributed by atoms with Crippen molar-refractivity contribution in [2.24, 2.45) is 0 Å². The van der Waals surface area contributed by atoms with Gasteiger partial charge in [-0.15, -0.1) is 11.3 Å². The van der Waals surface area contributed by atoms with Crippen LogP contribution in [0, 0.1) is 5.82 Å². The molecule has 116 valence electrons. The zero-order valence-corrected chi connectivity index (χ0v) is 13.7. The van der Waals surface area contributed by atoms with Gasteiger partial charge in [-0.25, -0.2) is 4.39 Å². The van der Waals surface area contributed by atoms with Gasteiger partial charge in [0.25, 0.3) is 0 Å². The van der Waals surface area contributed by atoms with E-state index >= 15 is 0 Å². The highest BCUT2D eigenvalue weighted by molar-refractivity contribution is 7.10. The van der Waals surface area contributed by atoms with E-state index in [1.807, 2.05) is 0 Å². The van der Waals surface area contributed by atoms with Gasteiger partial charge in [-0.05, 0) is 48.6 Å². The third-order valence-corrected chi connectivity index (χ3v) is 5.26. The number of hydrogen-bond donors (Lipinski definition) is 1. The van der Waals surface area contributed by atoms with Crippen molar-refractivity contribution in [3.05, 3.63) is 50.9 Å². The first-order chi connectivity index (χ1) is 10.5. The summed E-state index contributed by atoms with van der Waals surface area (Å²) in [7, 11) is 0. The van der Waals surface area contributed by atoms with Gasteiger partial charge in [-0.1, -0.05) is 11.6 Å². The van der Waals surface area contributed by atoms with Crippen LogP contribution in [0.15, 0.2) is 29.6 Å². The van der Waals surface area contributed by atoms with Crippen molar-refractivity contribution in [1.82, 2.24) is 4.90 Å². The molecule has 3 rings (SSSR count). The van der Waals surface area contributed by atoms with Crippen LogP contribution in [0.5, 0.6) is 0 Å². The Bertz CT molecular complexity index is 703. The van der Waals surface area contributed by atoms with Gasteiger partial charge in [-0.2, -0.15) is 0 Å². The van der Waals surface area contributed by atoms with Crippen molar-refractivity contribution >= 4 is 34.5 Å². The Balaban J connectivity index is 1.65. The summed E-state index contributed by atoms with van der Waals surface area (Å²) >= 11 is 7.71. The number of amides is 1. The molecule has 1 aromatic heterocycles. The Morgan fingerprint density at radius 1 is 1.50 bits per heavy atom. The number of fused-ring (bicyclic) bond motifs is 1. The van der Waals surface area contributed by atoms with Gasteiger partial charge in [0.2, 0.25) is 5.91 Å². The molecular weight excluding hydrogens is 323 g/mol. The molecule has 2 heterocycles. The van der Waals surface area contributed by atoms with Crippen LogP contribution >= 0.6 is 22.9 Å². The van der Waals surface area contributed by atoms with Crippen molar-refractivity contribution in [3.8, 4) is 0 Å². The standard InChI is InChI=1S/C16H16ClFN2OS/c1-10-12-5-7-22-15(12)4-6-20(10)9-16(21)19-14-3-2-11(18)8-13(14)17/h2-3,5,7-8,10H,4,6,9H2,1H3,(H,19,21)/t10-/m0/s1. The summed E-state index contributed by atoms with van der Waals surface area (Å²) in [6.07, 6.45) is 0.974. The number of hydrogen-bond acceptors (Lipinski definition) is 3. The Kier molecular flexibility index (Phi) is 4.47. The maximum Gasteiger partial charge on any atom is 0.238 e. The van der Waals surface area contributed by atoms with E-state index in [9.17, 15) is 9.18 Å². The minimum Gasteiger partial charge on any atom is -0.324 e. The molecule has 6 heteroatoms. The second kappa shape index (κ2) is 6.36. The van der Waals surface area contributed by atoms with Gasteiger partial charge in [0.05, 0.1) is 17.3 Å². The molecule has 1 aliphatic rings. The molecule has 1 atom stereocenters. The number of nitrogens with one attached hydrogen (secondary N) is 1. The third kappa shape index (κ3) is 3.16. The summed E-state index contributed by atoms with van der Waals surface area (Å²) in [4.78, 5) is 15.8. The largest absolute Gasteiger partial charge is 0.324 e. The molecule has 2 aromatic rings. The fourth-order valence-electron chi connectivity index (χ4n) is 2.74. The highest BCUT2D eigenvalue weighted by Crippen LogP contribution is 2.32. The third-order valence-electron chi connectivity index (χ3n) is 3.96. The Labute approximate surface area is 137 Å². The molecule has 0 unspecified atom stereocenters. The lowest BCUT2D eigenvalue weighted by molar-refractivity contribution is -0.117. The van der Waals surface area contributed by atoms with Gasteiger partial charge in [-0.3, -0.25) is 9.69 Å². The van der Waals surface area contributed by atoms with Crippen LogP contribution in [0.3, 0.4) is 0 Å². The Morgan fingerprint density at radius 2 is 2.32 bits per heavy atom. The van der Waals surface area contributed by atoms with Crippen LogP contribution < -0.4 is 5.32 Å². The smallest absolute Gasteiger partial charge is 0.238 e. The average Bonchev–Trinajstić information content (AvgIpc) is 2.94. The van der Waals surface area contributed by atoms with Crippen molar-refractivity contribution in [2.75, 3.05) is 18.4 Å². The average molecular weight is 339 g/mol. The van der Waals surface area contributed by atoms with E-state index in [-0.39, 0.29) is 17.0 Å². The second-order valence-electron chi connectivity index (χ2n) is 5.37. The number of rotatable bonds is 3. The van der Waals surface area contributed by atoms with Crippen LogP contribution in [-0.4, -0.2) is 23.9 Å². The fraction of sp³-hybridized carbons (Fsp3) is 0.312. The quantitative estimate of drug-likeness (QED) is 0.913. The molecule has 0 saturated carbocycles. The zero-order chi connectivity index (χ0) is 15.7. The molecule has 1 N–H and O–H groups in total. The lowest BCUT2D eigenvalue weighted by Gasteiger charge is -2.32. The minimum absolute atomic E-state index is 0.140. The predicted molar refractivity (Wildman–Crippen MR) is 88.1 cm³/mol. The molecule has 0 saturated heterocycles. The highest BCUT2D eigenvalue weighted by Gasteiger charge is 2.26. The van der Waals surface area contributed by atoms with Crippen LogP contribution in [0.4, 0.5) is 10.1 Å². The first-order valence-electron chi connectivity index (χ1n) is 7.10. The van der Waals surface area contributed by atoms with Gasteiger partial charge in [0.1, 0.15) is 5.82 Å². The second-order valence-corrected chi connectivity index (χ2v) is 6.78. The summed E-state index contributed by atoms with van der Waals surface area (Å²) in [5.41, 5.74) is 1.75. The maximum absolute atomic E-state index is 13.0. The summed E-state index contributed by atoms with van der Waals surface area (Å²) < 4.78 is 13.0. The number of carbonyl (C=O) groups excluding carboxylic acids is 1. The molecule has 0 spiro atoms. The van der Waals surface area contributed by atoms with Gasteiger partial charge in [0.15, 0.2) is 0 Å². The zero-order valence-electron chi connectivity index (χ0n) is 12.1. The summed E-state index contributed by atoms with van der Waals surface area (Å²) in [6.45, 7) is 3.27. The van der Waals surface area contributed by atoms with E-state index in [0.717, 1.165) is 13.0 Å². The molecule has 1 aliphatic heterocycles. The number of nitrogens with zero attached hydrogens (tertiary/aromatic N) is 1. The summed E-state index contributed by atoms with van der Waals surface area (Å²) in [5, 5.41) is 5.06. The van der Waals surface area contributed by atoms with E-state index in [2.05, 4.69) is 28.6 Å². The molecule has 0 radical (unpaired) electrons. The summed E-state index contributed by atoms with van der Waals surface area (Å²) in [6, 6.07) is 6.31. The monoisotopic (exact) mass is 338 g/mol. The van der Waals surface area contributed by atoms with Crippen LogP contribution in [-0.2, 0) is 11.2 Å². The predicted octanol–water partition coefficient (Wildman–Crippen LogP) is 4.10. The molecule has 0 aliphatic carbocycles. The van der Waals surface area contributed by atoms with Gasteiger partial charge >= 0.3 is 0 Å². The van der Waals surface area contributed by atoms with Gasteiger partial charge in [0, 0.05) is 17.5 Å². The molecule has 0 fully saturated rings. The lowest BCUT2D eigenvalue weighted by Crippen LogP contribution is -2.39. The van der Waals surface area contributed by atoms with Crippen LogP contribution in [0.1, 0.15) is 23.4 Å². The van der Waals surface area contributed by atoms with E-state index in [1.165, 1.54) is 28.6 Å². The Hall–Kier alpha value is -1.43. The van der Waals surface area contributed by atoms with Crippen LogP contribution in [0.25, 0.3) is 0 Å². The number of thiophene rings is 1. The molecule has 1 aromatic carbocycles.